The fraction of sp³-hybridized carbons (Fsp3) is 0.571. The van der Waals surface area contributed by atoms with Gasteiger partial charge >= 0.3 is 58.2 Å². The molecule has 0 radical (unpaired) electrons. The standard InChI is InChI=1S/C14H19N2O.Rb/c15-9-11-1-3-13(4-2-11)17-14-10-16-7-5-12(14)6-8-16;/h1-4,12,14-15H,5-10H2;/q-1;+1/t14-;/m0./s1. The second-order valence-electron chi connectivity index (χ2n) is 5.12. The van der Waals surface area contributed by atoms with E-state index in [1.54, 1.807) is 0 Å². The zero-order valence-corrected chi connectivity index (χ0v) is 16.0. The number of benzene rings is 1. The van der Waals surface area contributed by atoms with Crippen molar-refractivity contribution < 1.29 is 62.9 Å². The largest absolute Gasteiger partial charge is 1.00 e. The van der Waals surface area contributed by atoms with Crippen molar-refractivity contribution in [2.75, 3.05) is 19.6 Å². The number of piperidine rings is 3. The number of hydrogen-bond acceptors (Lipinski definition) is 2. The van der Waals surface area contributed by atoms with Crippen molar-refractivity contribution in [3.63, 3.8) is 0 Å². The van der Waals surface area contributed by atoms with Crippen LogP contribution in [0.3, 0.4) is 0 Å². The van der Waals surface area contributed by atoms with Crippen LogP contribution in [-0.2, 0) is 6.54 Å². The summed E-state index contributed by atoms with van der Waals surface area (Å²) in [5, 5.41) is 0. The van der Waals surface area contributed by atoms with Gasteiger partial charge in [-0.3, -0.25) is 4.90 Å². The molecule has 3 aliphatic heterocycles. The summed E-state index contributed by atoms with van der Waals surface area (Å²) < 4.78 is 6.09. The van der Waals surface area contributed by atoms with E-state index in [9.17, 15) is 0 Å². The Hall–Kier alpha value is 0.745. The zero-order chi connectivity index (χ0) is 11.7. The monoisotopic (exact) mass is 316 g/mol. The summed E-state index contributed by atoms with van der Waals surface area (Å²) in [5.74, 6) is 1.71. The summed E-state index contributed by atoms with van der Waals surface area (Å²) in [6.45, 7) is 3.94. The average Bonchev–Trinajstić information content (AvgIpc) is 2.41. The van der Waals surface area contributed by atoms with Crippen LogP contribution in [0.15, 0.2) is 24.3 Å². The molecular formula is C14H19N2ORb. The first-order valence-corrected chi connectivity index (χ1v) is 6.48. The van der Waals surface area contributed by atoms with Gasteiger partial charge in [-0.15, -0.1) is 6.54 Å². The van der Waals surface area contributed by atoms with Crippen LogP contribution >= 0.6 is 0 Å². The van der Waals surface area contributed by atoms with Gasteiger partial charge in [0.2, 0.25) is 0 Å². The molecule has 3 saturated heterocycles. The van der Waals surface area contributed by atoms with Crippen LogP contribution in [0.1, 0.15) is 18.4 Å². The van der Waals surface area contributed by atoms with Gasteiger partial charge in [-0.2, -0.15) is 0 Å². The van der Waals surface area contributed by atoms with Gasteiger partial charge in [-0.05, 0) is 44.0 Å². The summed E-state index contributed by atoms with van der Waals surface area (Å²) in [6.07, 6.45) is 2.95. The third-order valence-corrected chi connectivity index (χ3v) is 4.01. The smallest absolute Gasteiger partial charge is 0.674 e. The molecule has 1 atom stereocenters. The van der Waals surface area contributed by atoms with Crippen molar-refractivity contribution in [2.24, 2.45) is 5.92 Å². The van der Waals surface area contributed by atoms with Crippen LogP contribution in [0.25, 0.3) is 5.73 Å². The first-order chi connectivity index (χ1) is 8.35. The van der Waals surface area contributed by atoms with E-state index in [2.05, 4.69) is 4.90 Å². The minimum absolute atomic E-state index is 0. The number of nitrogens with one attached hydrogen (secondary N) is 1. The van der Waals surface area contributed by atoms with Gasteiger partial charge in [0.15, 0.2) is 0 Å². The maximum Gasteiger partial charge on any atom is 1.00 e. The predicted octanol–water partition coefficient (Wildman–Crippen LogP) is -0.284. The first kappa shape index (κ1) is 15.1. The van der Waals surface area contributed by atoms with E-state index < -0.39 is 0 Å². The third-order valence-electron chi connectivity index (χ3n) is 4.01. The van der Waals surface area contributed by atoms with Crippen molar-refractivity contribution >= 4 is 0 Å². The van der Waals surface area contributed by atoms with Crippen LogP contribution in [0, 0.1) is 5.92 Å². The number of ether oxygens (including phenoxy) is 1. The molecule has 1 aromatic carbocycles. The molecule has 0 spiro atoms. The maximum absolute atomic E-state index is 7.29. The molecule has 0 unspecified atom stereocenters. The Bertz CT molecular complexity index is 374. The summed E-state index contributed by atoms with van der Waals surface area (Å²) in [5.41, 5.74) is 8.33. The molecule has 3 aliphatic rings. The van der Waals surface area contributed by atoms with Gasteiger partial charge in [0.25, 0.3) is 0 Å². The SMILES string of the molecule is [NH-]Cc1ccc(O[C@H]2CN3CCC2CC3)cc1.[Rb+]. The van der Waals surface area contributed by atoms with E-state index in [4.69, 9.17) is 10.5 Å². The van der Waals surface area contributed by atoms with Crippen LogP contribution < -0.4 is 62.9 Å². The Morgan fingerprint density at radius 3 is 2.33 bits per heavy atom. The summed E-state index contributed by atoms with van der Waals surface area (Å²) >= 11 is 0. The second kappa shape index (κ2) is 6.96. The molecule has 0 aliphatic carbocycles. The van der Waals surface area contributed by atoms with E-state index in [0.29, 0.717) is 12.6 Å². The van der Waals surface area contributed by atoms with Crippen LogP contribution in [0.2, 0.25) is 0 Å². The number of rotatable bonds is 3. The molecular weight excluding hydrogens is 298 g/mol. The molecule has 1 aromatic rings. The Morgan fingerprint density at radius 2 is 1.83 bits per heavy atom. The van der Waals surface area contributed by atoms with Crippen molar-refractivity contribution in [3.8, 4) is 5.75 Å². The van der Waals surface area contributed by atoms with E-state index >= 15 is 0 Å². The average molecular weight is 317 g/mol. The van der Waals surface area contributed by atoms with Gasteiger partial charge in [0, 0.05) is 6.54 Å². The molecule has 18 heavy (non-hydrogen) atoms. The molecule has 92 valence electrons. The minimum atomic E-state index is 0. The van der Waals surface area contributed by atoms with Gasteiger partial charge < -0.3 is 10.5 Å². The van der Waals surface area contributed by atoms with E-state index in [1.807, 2.05) is 24.3 Å². The Morgan fingerprint density at radius 1 is 1.17 bits per heavy atom. The molecule has 2 bridgehead atoms. The molecule has 4 rings (SSSR count). The Balaban J connectivity index is 0.00000120. The van der Waals surface area contributed by atoms with E-state index in [0.717, 1.165) is 23.8 Å². The van der Waals surface area contributed by atoms with Crippen molar-refractivity contribution in [1.82, 2.24) is 4.90 Å². The van der Waals surface area contributed by atoms with Gasteiger partial charge in [0.1, 0.15) is 11.9 Å². The molecule has 0 aromatic heterocycles. The van der Waals surface area contributed by atoms with Crippen molar-refractivity contribution in [2.45, 2.75) is 25.5 Å². The molecule has 3 fully saturated rings. The van der Waals surface area contributed by atoms with Gasteiger partial charge in [0.05, 0.1) is 0 Å². The van der Waals surface area contributed by atoms with Crippen LogP contribution in [0.5, 0.6) is 5.75 Å². The molecule has 1 N–H and O–H groups in total. The zero-order valence-electron chi connectivity index (χ0n) is 11.1. The number of nitrogens with zero attached hydrogens (tertiary/aromatic N) is 1. The Kier molecular flexibility index (Phi) is 5.85. The van der Waals surface area contributed by atoms with Crippen LogP contribution in [-0.4, -0.2) is 30.6 Å². The predicted molar refractivity (Wildman–Crippen MR) is 68.0 cm³/mol. The molecule has 3 heterocycles. The summed E-state index contributed by atoms with van der Waals surface area (Å²) in [7, 11) is 0. The van der Waals surface area contributed by atoms with E-state index in [1.165, 1.54) is 25.9 Å². The van der Waals surface area contributed by atoms with Gasteiger partial charge in [-0.25, -0.2) is 0 Å². The molecule has 3 nitrogen and oxygen atoms in total. The van der Waals surface area contributed by atoms with Crippen molar-refractivity contribution in [3.05, 3.63) is 35.6 Å². The number of hydrogen-bond donors (Lipinski definition) is 0. The summed E-state index contributed by atoms with van der Waals surface area (Å²) in [6, 6.07) is 7.98. The third kappa shape index (κ3) is 3.44. The number of fused-ring (bicyclic) bond motifs is 3. The quantitative estimate of drug-likeness (QED) is 0.769. The fourth-order valence-corrected chi connectivity index (χ4v) is 2.91. The Labute approximate surface area is 158 Å². The van der Waals surface area contributed by atoms with Gasteiger partial charge in [-0.1, -0.05) is 17.7 Å². The van der Waals surface area contributed by atoms with Crippen LogP contribution in [0.4, 0.5) is 0 Å². The molecule has 0 amide bonds. The molecule has 4 heteroatoms. The van der Waals surface area contributed by atoms with E-state index in [-0.39, 0.29) is 58.2 Å². The normalized spacial score (nSPS) is 29.7. The molecule has 0 saturated carbocycles. The van der Waals surface area contributed by atoms with Crippen molar-refractivity contribution in [1.29, 1.82) is 0 Å². The summed E-state index contributed by atoms with van der Waals surface area (Å²) in [4.78, 5) is 2.50. The fourth-order valence-electron chi connectivity index (χ4n) is 2.91. The maximum atomic E-state index is 7.29. The minimum Gasteiger partial charge on any atom is -0.674 e. The second-order valence-corrected chi connectivity index (χ2v) is 5.12. The first-order valence-electron chi connectivity index (χ1n) is 6.48. The topological polar surface area (TPSA) is 36.3 Å².